The molecule has 3 unspecified atom stereocenters. The number of aliphatic hydroxyl groups is 1. The van der Waals surface area contributed by atoms with Crippen LogP contribution in [-0.2, 0) is 65.4 Å². The Morgan fingerprint density at radius 3 is 0.740 bits per heavy atom. The number of phosphoric ester groups is 2. The average Bonchev–Trinajstić information content (AvgIpc) is 1.06. The van der Waals surface area contributed by atoms with Gasteiger partial charge in [-0.2, -0.15) is 0 Å². The maximum Gasteiger partial charge on any atom is 0.472 e. The molecule has 0 aliphatic rings. The standard InChI is InChI=1S/C77H150O17P2/c1-9-70(8)56-48-40-35-36-42-50-58-75(80)88-64-73(94-76(81)59-51-43-33-27-21-15-11-13-18-24-30-38-46-54-68(4)5)66-92-96(85,86)90-62-71(78)61-89-95(83,84)91-65-72(93-77(82)60-52-44-34-28-22-16-19-25-31-39-47-55-69(6)7)63-87-74(79)57-49-41-32-26-20-14-10-12-17-23-29-37-45-53-67(2)3/h67-73,78H,9-66H2,1-8H3,(H,83,84)(H,85,86)/t70?,71-,72-,73-/m1/s1. The quantitative estimate of drug-likeness (QED) is 0.0222. The molecule has 6 atom stereocenters. The molecular formula is C77H150O17P2. The molecule has 0 saturated carbocycles. The van der Waals surface area contributed by atoms with Crippen molar-refractivity contribution in [3.8, 4) is 0 Å². The van der Waals surface area contributed by atoms with Crippen LogP contribution < -0.4 is 0 Å². The maximum absolute atomic E-state index is 13.1. The summed E-state index contributed by atoms with van der Waals surface area (Å²) in [6, 6.07) is 0. The van der Waals surface area contributed by atoms with Crippen molar-refractivity contribution in [3.05, 3.63) is 0 Å². The summed E-state index contributed by atoms with van der Waals surface area (Å²) in [5, 5.41) is 10.6. The summed E-state index contributed by atoms with van der Waals surface area (Å²) in [7, 11) is -9.92. The zero-order valence-electron chi connectivity index (χ0n) is 63.0. The van der Waals surface area contributed by atoms with Gasteiger partial charge in [0.2, 0.25) is 0 Å². The molecule has 0 saturated heterocycles. The highest BCUT2D eigenvalue weighted by molar-refractivity contribution is 7.47. The molecule has 0 spiro atoms. The summed E-state index contributed by atoms with van der Waals surface area (Å²) in [6.45, 7) is 14.2. The molecule has 0 aromatic carbocycles. The van der Waals surface area contributed by atoms with Gasteiger partial charge in [-0.15, -0.1) is 0 Å². The summed E-state index contributed by atoms with van der Waals surface area (Å²) >= 11 is 0. The first-order valence-electron chi connectivity index (χ1n) is 39.7. The van der Waals surface area contributed by atoms with E-state index in [0.717, 1.165) is 120 Å². The molecule has 0 heterocycles. The van der Waals surface area contributed by atoms with Gasteiger partial charge < -0.3 is 33.8 Å². The van der Waals surface area contributed by atoms with Gasteiger partial charge in [-0.3, -0.25) is 37.3 Å². The highest BCUT2D eigenvalue weighted by Crippen LogP contribution is 2.45. The Kier molecular flexibility index (Phi) is 65.0. The number of carbonyl (C=O) groups is 4. The van der Waals surface area contributed by atoms with Crippen LogP contribution in [0.4, 0.5) is 0 Å². The van der Waals surface area contributed by atoms with Gasteiger partial charge in [-0.05, 0) is 49.4 Å². The second-order valence-corrected chi connectivity index (χ2v) is 32.3. The summed E-state index contributed by atoms with van der Waals surface area (Å²) in [4.78, 5) is 72.9. The number of aliphatic hydroxyl groups excluding tert-OH is 1. The van der Waals surface area contributed by atoms with Crippen LogP contribution in [0.15, 0.2) is 0 Å². The fourth-order valence-corrected chi connectivity index (χ4v) is 13.3. The van der Waals surface area contributed by atoms with Gasteiger partial charge in [0.25, 0.3) is 0 Å². The van der Waals surface area contributed by atoms with E-state index in [9.17, 15) is 43.2 Å². The molecule has 0 aromatic rings. The average molecular weight is 1410 g/mol. The summed E-state index contributed by atoms with van der Waals surface area (Å²) in [5.74, 6) is 0.954. The highest BCUT2D eigenvalue weighted by Gasteiger charge is 2.30. The Hall–Kier alpha value is -1.94. The third-order valence-electron chi connectivity index (χ3n) is 18.2. The SMILES string of the molecule is CCC(C)CCCCCCCCC(=O)OC[C@H](COP(=O)(O)OC[C@H](O)COP(=O)(O)OC[C@@H](COC(=O)CCCCCCCCCCCCCCCC(C)C)OC(=O)CCCCCCCCCCCCCC(C)C)OC(=O)CCCCCCCCCCCCCCCC(C)C. The first-order chi connectivity index (χ1) is 46.1. The Morgan fingerprint density at radius 2 is 0.500 bits per heavy atom. The molecule has 3 N–H and O–H groups in total. The third kappa shape index (κ3) is 69.2. The van der Waals surface area contributed by atoms with Crippen LogP contribution in [0.3, 0.4) is 0 Å². The Bertz CT molecular complexity index is 1890. The normalized spacial score (nSPS) is 14.4. The molecule has 0 bridgehead atoms. The molecule has 0 aromatic heterocycles. The number of hydrogen-bond donors (Lipinski definition) is 3. The van der Waals surface area contributed by atoms with Crippen LogP contribution in [0, 0.1) is 23.7 Å². The van der Waals surface area contributed by atoms with E-state index in [-0.39, 0.29) is 25.7 Å². The van der Waals surface area contributed by atoms with Crippen molar-refractivity contribution in [2.24, 2.45) is 23.7 Å². The monoisotopic (exact) mass is 1410 g/mol. The van der Waals surface area contributed by atoms with E-state index < -0.39 is 97.5 Å². The second-order valence-electron chi connectivity index (χ2n) is 29.4. The number of ether oxygens (including phenoxy) is 4. The minimum absolute atomic E-state index is 0.106. The van der Waals surface area contributed by atoms with Crippen molar-refractivity contribution in [1.82, 2.24) is 0 Å². The molecule has 0 aliphatic carbocycles. The van der Waals surface area contributed by atoms with E-state index in [1.165, 1.54) is 186 Å². The first-order valence-corrected chi connectivity index (χ1v) is 42.7. The van der Waals surface area contributed by atoms with Crippen LogP contribution in [0.1, 0.15) is 389 Å². The van der Waals surface area contributed by atoms with Gasteiger partial charge in [0.1, 0.15) is 19.3 Å². The number of esters is 4. The molecule has 17 nitrogen and oxygen atoms in total. The van der Waals surface area contributed by atoms with E-state index in [0.29, 0.717) is 25.7 Å². The van der Waals surface area contributed by atoms with Crippen molar-refractivity contribution in [3.63, 3.8) is 0 Å². The molecule has 19 heteroatoms. The van der Waals surface area contributed by atoms with E-state index >= 15 is 0 Å². The number of unbranched alkanes of at least 4 members (excludes halogenated alkanes) is 39. The van der Waals surface area contributed by atoms with Crippen LogP contribution >= 0.6 is 15.6 Å². The zero-order chi connectivity index (χ0) is 71.0. The summed E-state index contributed by atoms with van der Waals surface area (Å²) < 4.78 is 68.6. The Balaban J connectivity index is 5.25. The molecule has 0 aliphatic heterocycles. The maximum atomic E-state index is 13.1. The highest BCUT2D eigenvalue weighted by atomic mass is 31.2. The largest absolute Gasteiger partial charge is 0.472 e. The third-order valence-corrected chi connectivity index (χ3v) is 20.1. The van der Waals surface area contributed by atoms with E-state index in [4.69, 9.17) is 37.0 Å². The van der Waals surface area contributed by atoms with Crippen LogP contribution in [0.25, 0.3) is 0 Å². The molecule has 570 valence electrons. The van der Waals surface area contributed by atoms with E-state index in [1.54, 1.807) is 0 Å². The summed E-state index contributed by atoms with van der Waals surface area (Å²) in [5.41, 5.74) is 0. The predicted molar refractivity (Wildman–Crippen MR) is 391 cm³/mol. The van der Waals surface area contributed by atoms with Gasteiger partial charge in [-0.25, -0.2) is 9.13 Å². The fourth-order valence-electron chi connectivity index (χ4n) is 11.7. The molecule has 0 amide bonds. The minimum atomic E-state index is -4.96. The molecule has 96 heavy (non-hydrogen) atoms. The lowest BCUT2D eigenvalue weighted by Crippen LogP contribution is -2.30. The zero-order valence-corrected chi connectivity index (χ0v) is 64.8. The second kappa shape index (κ2) is 66.3. The van der Waals surface area contributed by atoms with Gasteiger partial charge in [0.05, 0.1) is 26.4 Å². The fraction of sp³-hybridized carbons (Fsp3) is 0.948. The topological polar surface area (TPSA) is 237 Å². The lowest BCUT2D eigenvalue weighted by atomic mass is 10.00. The van der Waals surface area contributed by atoms with Crippen molar-refractivity contribution < 1.29 is 80.2 Å². The molecule has 0 fully saturated rings. The van der Waals surface area contributed by atoms with Gasteiger partial charge in [0, 0.05) is 25.7 Å². The lowest BCUT2D eigenvalue weighted by Gasteiger charge is -2.21. The van der Waals surface area contributed by atoms with Crippen molar-refractivity contribution in [2.45, 2.75) is 408 Å². The van der Waals surface area contributed by atoms with Crippen molar-refractivity contribution >= 4 is 39.5 Å². The lowest BCUT2D eigenvalue weighted by molar-refractivity contribution is -0.161. The van der Waals surface area contributed by atoms with Gasteiger partial charge >= 0.3 is 39.5 Å². The van der Waals surface area contributed by atoms with Gasteiger partial charge in [0.15, 0.2) is 12.2 Å². The number of rotatable bonds is 74. The summed E-state index contributed by atoms with van der Waals surface area (Å²) in [6.07, 6.45) is 51.3. The smallest absolute Gasteiger partial charge is 0.462 e. The van der Waals surface area contributed by atoms with Crippen LogP contribution in [0.5, 0.6) is 0 Å². The molecular weight excluding hydrogens is 1260 g/mol. The van der Waals surface area contributed by atoms with Crippen molar-refractivity contribution in [2.75, 3.05) is 39.6 Å². The Labute approximate surface area is 588 Å². The molecule has 0 radical (unpaired) electrons. The van der Waals surface area contributed by atoms with Crippen molar-refractivity contribution in [1.29, 1.82) is 0 Å². The number of phosphoric acid groups is 2. The Morgan fingerprint density at radius 1 is 0.292 bits per heavy atom. The van der Waals surface area contributed by atoms with Crippen LogP contribution in [-0.4, -0.2) is 96.7 Å². The van der Waals surface area contributed by atoms with E-state index in [2.05, 4.69) is 55.4 Å². The molecule has 0 rings (SSSR count). The number of hydrogen-bond acceptors (Lipinski definition) is 15. The number of carbonyl (C=O) groups excluding carboxylic acids is 4. The van der Waals surface area contributed by atoms with Gasteiger partial charge in [-0.1, -0.05) is 338 Å². The minimum Gasteiger partial charge on any atom is -0.462 e. The first kappa shape index (κ1) is 94.1. The van der Waals surface area contributed by atoms with E-state index in [1.807, 2.05) is 0 Å². The van der Waals surface area contributed by atoms with Crippen LogP contribution in [0.2, 0.25) is 0 Å². The predicted octanol–water partition coefficient (Wildman–Crippen LogP) is 22.4.